The summed E-state index contributed by atoms with van der Waals surface area (Å²) in [7, 11) is 1.32. The third-order valence-corrected chi connectivity index (χ3v) is 5.42. The standard InChI is InChI=1S/C19H22F6N6O3/c1-27-12(32)9-31-7-5-3-2-4-6-17(33,19(23,24)25)16-30-29-15(34-16)13-11(26)8-10(14(31)28-13)18(20,21)22/h8,33H,2-7,9,26H2,1H3,(H,27,32). The number of nitrogens with one attached hydrogen (secondary N) is 1. The van der Waals surface area contributed by atoms with Gasteiger partial charge in [-0.15, -0.1) is 10.2 Å². The van der Waals surface area contributed by atoms with Crippen LogP contribution >= 0.6 is 0 Å². The molecule has 0 aromatic carbocycles. The van der Waals surface area contributed by atoms with Crippen molar-refractivity contribution in [3.8, 4) is 11.6 Å². The number of anilines is 2. The number of hydrogen-bond donors (Lipinski definition) is 3. The third kappa shape index (κ3) is 5.03. The number of halogens is 6. The van der Waals surface area contributed by atoms with Gasteiger partial charge in [-0.2, -0.15) is 26.3 Å². The summed E-state index contributed by atoms with van der Waals surface area (Å²) < 4.78 is 87.4. The van der Waals surface area contributed by atoms with Gasteiger partial charge in [0, 0.05) is 13.6 Å². The van der Waals surface area contributed by atoms with Crippen molar-refractivity contribution in [1.82, 2.24) is 20.5 Å². The predicted molar refractivity (Wildman–Crippen MR) is 106 cm³/mol. The Labute approximate surface area is 189 Å². The molecule has 4 N–H and O–H groups in total. The molecule has 0 saturated carbocycles. The number of fused-ring (bicyclic) bond motifs is 5. The van der Waals surface area contributed by atoms with Crippen molar-refractivity contribution in [2.75, 3.05) is 30.8 Å². The summed E-state index contributed by atoms with van der Waals surface area (Å²) in [5, 5.41) is 19.4. The number of aromatic nitrogens is 3. The minimum absolute atomic E-state index is 0.0501. The van der Waals surface area contributed by atoms with Crippen LogP contribution < -0.4 is 16.0 Å². The van der Waals surface area contributed by atoms with Crippen molar-refractivity contribution in [3.63, 3.8) is 0 Å². The maximum Gasteiger partial charge on any atom is 0.426 e. The van der Waals surface area contributed by atoms with Crippen LogP contribution in [0.15, 0.2) is 10.5 Å². The summed E-state index contributed by atoms with van der Waals surface area (Å²) in [5.41, 5.74) is -0.0633. The van der Waals surface area contributed by atoms with Crippen LogP contribution in [-0.4, -0.2) is 52.5 Å². The Kier molecular flexibility index (Phi) is 6.96. The molecule has 3 heterocycles. The Morgan fingerprint density at radius 1 is 1.21 bits per heavy atom. The van der Waals surface area contributed by atoms with E-state index in [1.54, 1.807) is 0 Å². The Bertz CT molecular complexity index is 1040. The molecule has 4 bridgehead atoms. The highest BCUT2D eigenvalue weighted by atomic mass is 19.4. The molecule has 1 atom stereocenters. The number of carbonyl (C=O) groups is 1. The lowest BCUT2D eigenvalue weighted by Crippen LogP contribution is -2.42. The van der Waals surface area contributed by atoms with Gasteiger partial charge in [-0.25, -0.2) is 4.98 Å². The molecular formula is C19H22F6N6O3. The number of rotatable bonds is 2. The summed E-state index contributed by atoms with van der Waals surface area (Å²) in [6, 6.07) is 0.542. The number of alkyl halides is 6. The Morgan fingerprint density at radius 2 is 1.88 bits per heavy atom. The first kappa shape index (κ1) is 25.5. The van der Waals surface area contributed by atoms with Gasteiger partial charge < -0.3 is 25.5 Å². The van der Waals surface area contributed by atoms with Crippen LogP contribution in [0.1, 0.15) is 43.6 Å². The zero-order valence-corrected chi connectivity index (χ0v) is 17.9. The van der Waals surface area contributed by atoms with Crippen LogP contribution in [0, 0.1) is 0 Å². The molecule has 0 spiro atoms. The minimum atomic E-state index is -5.15. The van der Waals surface area contributed by atoms with Gasteiger partial charge in [0.25, 0.3) is 11.8 Å². The van der Waals surface area contributed by atoms with Gasteiger partial charge in [0.1, 0.15) is 11.4 Å². The van der Waals surface area contributed by atoms with Crippen molar-refractivity contribution in [1.29, 1.82) is 0 Å². The molecule has 1 amide bonds. The minimum Gasteiger partial charge on any atom is -0.416 e. The van der Waals surface area contributed by atoms with Crippen LogP contribution in [0.5, 0.6) is 0 Å². The van der Waals surface area contributed by atoms with E-state index < -0.39 is 71.4 Å². The second kappa shape index (κ2) is 9.27. The van der Waals surface area contributed by atoms with Crippen LogP contribution in [0.4, 0.5) is 37.8 Å². The van der Waals surface area contributed by atoms with Gasteiger partial charge in [-0.05, 0) is 25.3 Å². The molecule has 0 saturated heterocycles. The largest absolute Gasteiger partial charge is 0.426 e. The molecule has 15 heteroatoms. The average Bonchev–Trinajstić information content (AvgIpc) is 3.23. The van der Waals surface area contributed by atoms with Crippen LogP contribution in [0.25, 0.3) is 11.6 Å². The number of nitrogen functional groups attached to an aromatic ring is 1. The molecule has 2 aromatic heterocycles. The van der Waals surface area contributed by atoms with Gasteiger partial charge in [0.2, 0.25) is 11.5 Å². The molecule has 0 fully saturated rings. The highest BCUT2D eigenvalue weighted by Crippen LogP contribution is 2.44. The monoisotopic (exact) mass is 496 g/mol. The summed E-state index contributed by atoms with van der Waals surface area (Å²) >= 11 is 0. The molecular weight excluding hydrogens is 474 g/mol. The zero-order valence-electron chi connectivity index (χ0n) is 17.9. The van der Waals surface area contributed by atoms with Gasteiger partial charge in [0.05, 0.1) is 12.2 Å². The molecule has 34 heavy (non-hydrogen) atoms. The fourth-order valence-corrected chi connectivity index (χ4v) is 3.55. The predicted octanol–water partition coefficient (Wildman–Crippen LogP) is 3.00. The van der Waals surface area contributed by atoms with Crippen LogP contribution in [0.2, 0.25) is 0 Å². The zero-order chi connectivity index (χ0) is 25.3. The summed E-state index contributed by atoms with van der Waals surface area (Å²) in [6.45, 7) is -0.510. The first-order valence-corrected chi connectivity index (χ1v) is 10.2. The van der Waals surface area contributed by atoms with E-state index in [-0.39, 0.29) is 25.8 Å². The second-order valence-corrected chi connectivity index (χ2v) is 7.82. The first-order chi connectivity index (χ1) is 15.8. The third-order valence-electron chi connectivity index (χ3n) is 5.42. The lowest BCUT2D eigenvalue weighted by atomic mass is 9.95. The van der Waals surface area contributed by atoms with E-state index in [2.05, 4.69) is 20.5 Å². The van der Waals surface area contributed by atoms with E-state index in [4.69, 9.17) is 10.2 Å². The van der Waals surface area contributed by atoms with Crippen molar-refractivity contribution in [3.05, 3.63) is 17.5 Å². The van der Waals surface area contributed by atoms with Gasteiger partial charge in [-0.1, -0.05) is 12.8 Å². The summed E-state index contributed by atoms with van der Waals surface area (Å²) in [5.74, 6) is -3.12. The maximum atomic E-state index is 13.8. The van der Waals surface area contributed by atoms with Crippen LogP contribution in [-0.2, 0) is 16.6 Å². The second-order valence-electron chi connectivity index (χ2n) is 7.82. The molecule has 2 aromatic rings. The van der Waals surface area contributed by atoms with E-state index in [9.17, 15) is 36.2 Å². The van der Waals surface area contributed by atoms with E-state index in [0.717, 1.165) is 4.90 Å². The lowest BCUT2D eigenvalue weighted by molar-refractivity contribution is -0.277. The SMILES string of the molecule is CNC(=O)CN1CCCCCCC(O)(C(F)(F)F)c2nnc(o2)-c2nc1c(C(F)(F)F)cc2N. The fourth-order valence-electron chi connectivity index (χ4n) is 3.55. The molecule has 188 valence electrons. The van der Waals surface area contributed by atoms with E-state index in [1.165, 1.54) is 7.05 Å². The van der Waals surface area contributed by atoms with Crippen molar-refractivity contribution < 1.29 is 40.7 Å². The van der Waals surface area contributed by atoms with Gasteiger partial charge in [-0.3, -0.25) is 4.79 Å². The number of pyridine rings is 1. The first-order valence-electron chi connectivity index (χ1n) is 10.2. The fraction of sp³-hybridized carbons (Fsp3) is 0.579. The number of amides is 1. The molecule has 0 aliphatic carbocycles. The topological polar surface area (TPSA) is 130 Å². The molecule has 1 aliphatic rings. The normalized spacial score (nSPS) is 20.1. The smallest absolute Gasteiger partial charge is 0.416 e. The molecule has 0 radical (unpaired) electrons. The number of carbonyl (C=O) groups excluding carboxylic acids is 1. The Balaban J connectivity index is 2.22. The maximum absolute atomic E-state index is 13.8. The molecule has 9 nitrogen and oxygen atoms in total. The van der Waals surface area contributed by atoms with E-state index in [1.807, 2.05) is 0 Å². The molecule has 3 rings (SSSR count). The highest BCUT2D eigenvalue weighted by Gasteiger charge is 2.58. The number of likely N-dealkylation sites (N-methyl/N-ethyl adjacent to an activating group) is 1. The van der Waals surface area contributed by atoms with Crippen LogP contribution in [0.3, 0.4) is 0 Å². The van der Waals surface area contributed by atoms with E-state index in [0.29, 0.717) is 12.5 Å². The Morgan fingerprint density at radius 3 is 2.50 bits per heavy atom. The van der Waals surface area contributed by atoms with Gasteiger partial charge in [0.15, 0.2) is 5.69 Å². The van der Waals surface area contributed by atoms with Crippen molar-refractivity contribution in [2.45, 2.75) is 50.1 Å². The quantitative estimate of drug-likeness (QED) is 0.541. The van der Waals surface area contributed by atoms with E-state index >= 15 is 0 Å². The van der Waals surface area contributed by atoms with Gasteiger partial charge >= 0.3 is 12.4 Å². The molecule has 1 aliphatic heterocycles. The van der Waals surface area contributed by atoms with Crippen molar-refractivity contribution in [2.24, 2.45) is 0 Å². The van der Waals surface area contributed by atoms with Crippen molar-refractivity contribution >= 4 is 17.4 Å². The number of hydrogen-bond acceptors (Lipinski definition) is 8. The highest BCUT2D eigenvalue weighted by molar-refractivity contribution is 5.81. The lowest BCUT2D eigenvalue weighted by Gasteiger charge is -2.28. The summed E-state index contributed by atoms with van der Waals surface area (Å²) in [4.78, 5) is 17.0. The number of aliphatic hydroxyl groups is 1. The average molecular weight is 496 g/mol. The summed E-state index contributed by atoms with van der Waals surface area (Å²) in [6.07, 6.45) is -10.1. The molecule has 1 unspecified atom stereocenters. The number of nitrogens with two attached hydrogens (primary N) is 1. The Hall–Kier alpha value is -3.10. The number of nitrogens with zero attached hydrogens (tertiary/aromatic N) is 4.